The zero-order valence-electron chi connectivity index (χ0n) is 23.7. The number of carbonyl (C=O) groups is 2. The quantitative estimate of drug-likeness (QED) is 0.232. The molecule has 1 amide bonds. The second-order valence-corrected chi connectivity index (χ2v) is 11.0. The van der Waals surface area contributed by atoms with Crippen molar-refractivity contribution in [2.45, 2.75) is 45.0 Å². The van der Waals surface area contributed by atoms with Gasteiger partial charge < -0.3 is 20.1 Å². The van der Waals surface area contributed by atoms with Crippen LogP contribution in [0.1, 0.15) is 38.4 Å². The molecule has 0 unspecified atom stereocenters. The molecule has 0 spiro atoms. The molecule has 7 rings (SSSR count). The number of benzene rings is 2. The summed E-state index contributed by atoms with van der Waals surface area (Å²) in [5.74, 6) is -0.246. The number of anilines is 1. The first-order valence-corrected chi connectivity index (χ1v) is 14.3. The number of H-pyrrole nitrogens is 1. The Labute approximate surface area is 251 Å². The summed E-state index contributed by atoms with van der Waals surface area (Å²) >= 11 is 0. The van der Waals surface area contributed by atoms with E-state index in [2.05, 4.69) is 60.1 Å². The molecular weight excluding hydrogens is 562 g/mol. The zero-order valence-corrected chi connectivity index (χ0v) is 23.7. The zero-order chi connectivity index (χ0) is 30.0. The Morgan fingerprint density at radius 1 is 1.05 bits per heavy atom. The lowest BCUT2D eigenvalue weighted by Gasteiger charge is -2.25. The molecule has 2 aromatic carbocycles. The Hall–Kier alpha value is -5.59. The maximum Gasteiger partial charge on any atom is 0.335 e. The van der Waals surface area contributed by atoms with Gasteiger partial charge in [0.15, 0.2) is 0 Å². The molecule has 0 radical (unpaired) electrons. The van der Waals surface area contributed by atoms with Crippen molar-refractivity contribution in [3.8, 4) is 17.0 Å². The van der Waals surface area contributed by atoms with Crippen LogP contribution in [-0.4, -0.2) is 69.6 Å². The van der Waals surface area contributed by atoms with E-state index < -0.39 is 5.97 Å². The number of hydrogen-bond acceptors (Lipinski definition) is 9. The molecule has 3 aromatic heterocycles. The largest absolute Gasteiger partial charge is 0.478 e. The van der Waals surface area contributed by atoms with Crippen LogP contribution in [0, 0.1) is 0 Å². The number of aromatic amines is 1. The van der Waals surface area contributed by atoms with Gasteiger partial charge in [-0.2, -0.15) is 0 Å². The van der Waals surface area contributed by atoms with Gasteiger partial charge in [-0.3, -0.25) is 14.6 Å². The Morgan fingerprint density at radius 3 is 2.52 bits per heavy atom. The van der Waals surface area contributed by atoms with Gasteiger partial charge in [-0.25, -0.2) is 14.8 Å². The summed E-state index contributed by atoms with van der Waals surface area (Å²) in [6.07, 6.45) is 7.69. The van der Waals surface area contributed by atoms with Gasteiger partial charge >= 0.3 is 5.97 Å². The van der Waals surface area contributed by atoms with Crippen molar-refractivity contribution in [2.75, 3.05) is 11.9 Å². The van der Waals surface area contributed by atoms with E-state index in [1.165, 1.54) is 23.3 Å². The third-order valence-electron chi connectivity index (χ3n) is 7.98. The monoisotopic (exact) mass is 591 g/mol. The van der Waals surface area contributed by atoms with E-state index in [1.54, 1.807) is 40.3 Å². The highest BCUT2D eigenvalue weighted by Gasteiger charge is 2.25. The number of carbonyl (C=O) groups excluding carboxylic acids is 1. The topological polar surface area (TPSA) is 164 Å². The van der Waals surface area contributed by atoms with Crippen LogP contribution in [0.15, 0.2) is 67.1 Å². The van der Waals surface area contributed by atoms with E-state index in [1.807, 2.05) is 0 Å². The van der Waals surface area contributed by atoms with Crippen LogP contribution in [-0.2, 0) is 43.8 Å². The summed E-state index contributed by atoms with van der Waals surface area (Å²) in [6, 6.07) is 15.1. The highest BCUT2D eigenvalue weighted by atomic mass is 16.5. The summed E-state index contributed by atoms with van der Waals surface area (Å²) in [7, 11) is 0. The van der Waals surface area contributed by atoms with Crippen molar-refractivity contribution in [1.29, 1.82) is 0 Å². The smallest absolute Gasteiger partial charge is 0.335 e. The number of aromatic nitrogens is 7. The maximum atomic E-state index is 13.2. The van der Waals surface area contributed by atoms with E-state index in [-0.39, 0.29) is 30.7 Å². The lowest BCUT2D eigenvalue weighted by molar-refractivity contribution is -0.133. The Balaban J connectivity index is 1.08. The molecule has 0 saturated heterocycles. The standard InChI is InChI=1S/C31H29N9O4/c41-28(39-10-9-26-27(16-39)36-38-35-26)17-40-15-25(29(37-40)44-18-19-5-7-20(8-6-19)30(42)43)23-13-32-31(33-14-23)34-24-11-21-3-1-2-4-22(21)12-24/h1-8,13-15,24H,9-12,16-18H2,(H,42,43)(H,32,33,34)(H,35,36,38). The fraction of sp³-hybridized carbons (Fsp3) is 0.258. The second-order valence-electron chi connectivity index (χ2n) is 11.0. The number of aromatic carboxylic acids is 1. The van der Waals surface area contributed by atoms with E-state index in [9.17, 15) is 14.7 Å². The van der Waals surface area contributed by atoms with Crippen molar-refractivity contribution >= 4 is 17.8 Å². The minimum absolute atomic E-state index is 0.0135. The number of hydrogen-bond donors (Lipinski definition) is 3. The van der Waals surface area contributed by atoms with E-state index in [0.717, 1.165) is 29.8 Å². The lowest BCUT2D eigenvalue weighted by Crippen LogP contribution is -2.38. The molecule has 1 aliphatic carbocycles. The van der Waals surface area contributed by atoms with Crippen molar-refractivity contribution in [1.82, 2.24) is 40.1 Å². The van der Waals surface area contributed by atoms with Crippen molar-refractivity contribution in [3.63, 3.8) is 0 Å². The Bertz CT molecular complexity index is 1790. The molecule has 2 aliphatic rings. The Kier molecular flexibility index (Phi) is 7.18. The summed E-state index contributed by atoms with van der Waals surface area (Å²) in [4.78, 5) is 35.3. The first-order valence-electron chi connectivity index (χ1n) is 14.3. The van der Waals surface area contributed by atoms with Crippen molar-refractivity contribution < 1.29 is 19.4 Å². The van der Waals surface area contributed by atoms with Gasteiger partial charge in [0.25, 0.3) is 0 Å². The molecule has 44 heavy (non-hydrogen) atoms. The van der Waals surface area contributed by atoms with E-state index in [0.29, 0.717) is 42.5 Å². The highest BCUT2D eigenvalue weighted by molar-refractivity contribution is 5.87. The van der Waals surface area contributed by atoms with Crippen LogP contribution in [0.2, 0.25) is 0 Å². The van der Waals surface area contributed by atoms with Crippen LogP contribution in [0.25, 0.3) is 11.1 Å². The predicted octanol–water partition coefficient (Wildman–Crippen LogP) is 2.90. The Morgan fingerprint density at radius 2 is 1.80 bits per heavy atom. The van der Waals surface area contributed by atoms with Gasteiger partial charge in [-0.1, -0.05) is 41.6 Å². The molecule has 13 nitrogen and oxygen atoms in total. The predicted molar refractivity (Wildman–Crippen MR) is 158 cm³/mol. The normalized spacial score (nSPS) is 14.2. The number of rotatable bonds is 9. The van der Waals surface area contributed by atoms with Crippen LogP contribution < -0.4 is 10.1 Å². The first kappa shape index (κ1) is 27.3. The molecule has 3 N–H and O–H groups in total. The van der Waals surface area contributed by atoms with Crippen LogP contribution >= 0.6 is 0 Å². The van der Waals surface area contributed by atoms with E-state index >= 15 is 0 Å². The summed E-state index contributed by atoms with van der Waals surface area (Å²) < 4.78 is 7.65. The SMILES string of the molecule is O=C(O)c1ccc(COc2nn(CC(=O)N3CCc4[nH]nnc4C3)cc2-c2cnc(NC3Cc4ccccc4C3)nc2)cc1. The molecule has 5 aromatic rings. The summed E-state index contributed by atoms with van der Waals surface area (Å²) in [5, 5.41) is 28.0. The van der Waals surface area contributed by atoms with Gasteiger partial charge in [-0.15, -0.1) is 10.2 Å². The van der Waals surface area contributed by atoms with Gasteiger partial charge in [0.05, 0.1) is 23.4 Å². The van der Waals surface area contributed by atoms with Crippen LogP contribution in [0.3, 0.4) is 0 Å². The minimum Gasteiger partial charge on any atom is -0.478 e. The van der Waals surface area contributed by atoms with Crippen molar-refractivity contribution in [2.24, 2.45) is 0 Å². The molecule has 0 fully saturated rings. The maximum absolute atomic E-state index is 13.2. The molecular formula is C31H29N9O4. The number of nitrogens with zero attached hydrogens (tertiary/aromatic N) is 7. The summed E-state index contributed by atoms with van der Waals surface area (Å²) in [5.41, 5.74) is 6.70. The average molecular weight is 592 g/mol. The number of carboxylic acid groups (broad SMARTS) is 1. The number of carboxylic acids is 1. The van der Waals surface area contributed by atoms with Crippen LogP contribution in [0.4, 0.5) is 5.95 Å². The number of fused-ring (bicyclic) bond motifs is 2. The number of amides is 1. The highest BCUT2D eigenvalue weighted by Crippen LogP contribution is 2.30. The molecule has 1 aliphatic heterocycles. The van der Waals surface area contributed by atoms with Gasteiger partial charge in [0.1, 0.15) is 18.8 Å². The van der Waals surface area contributed by atoms with Crippen molar-refractivity contribution in [3.05, 3.63) is 101 Å². The fourth-order valence-corrected chi connectivity index (χ4v) is 5.63. The van der Waals surface area contributed by atoms with Gasteiger partial charge in [-0.05, 0) is 41.7 Å². The third-order valence-corrected chi connectivity index (χ3v) is 7.98. The first-order chi connectivity index (χ1) is 21.5. The minimum atomic E-state index is -0.993. The molecule has 4 heterocycles. The molecule has 0 saturated carbocycles. The third kappa shape index (κ3) is 5.71. The number of ether oxygens (including phenoxy) is 1. The van der Waals surface area contributed by atoms with Crippen LogP contribution in [0.5, 0.6) is 5.88 Å². The average Bonchev–Trinajstić information content (AvgIpc) is 3.78. The second kappa shape index (κ2) is 11.6. The molecule has 13 heteroatoms. The number of nitrogens with one attached hydrogen (secondary N) is 2. The van der Waals surface area contributed by atoms with E-state index in [4.69, 9.17) is 4.74 Å². The summed E-state index contributed by atoms with van der Waals surface area (Å²) in [6.45, 7) is 1.12. The van der Waals surface area contributed by atoms with Gasteiger partial charge in [0, 0.05) is 43.2 Å². The molecule has 222 valence electrons. The molecule has 0 atom stereocenters. The lowest BCUT2D eigenvalue weighted by atomic mass is 10.1. The van der Waals surface area contributed by atoms with Gasteiger partial charge in [0.2, 0.25) is 17.7 Å². The fourth-order valence-electron chi connectivity index (χ4n) is 5.63. The molecule has 0 bridgehead atoms.